The van der Waals surface area contributed by atoms with Crippen molar-refractivity contribution in [2.75, 3.05) is 27.2 Å². The molecule has 21 heavy (non-hydrogen) atoms. The molecule has 5 saturated carbocycles. The maximum Gasteiger partial charge on any atom is 0.0248 e. The van der Waals surface area contributed by atoms with Crippen molar-refractivity contribution in [3.8, 4) is 0 Å². The second-order valence-corrected chi connectivity index (χ2v) is 9.14. The van der Waals surface area contributed by atoms with Crippen molar-refractivity contribution in [1.29, 1.82) is 0 Å². The Kier molecular flexibility index (Phi) is 3.82. The molecule has 120 valence electrons. The van der Waals surface area contributed by atoms with E-state index in [9.17, 15) is 0 Å². The molecule has 2 nitrogen and oxygen atoms in total. The highest BCUT2D eigenvalue weighted by molar-refractivity contribution is 5.06. The third-order valence-electron chi connectivity index (χ3n) is 7.46. The molecule has 0 aromatic rings. The van der Waals surface area contributed by atoms with Gasteiger partial charge in [0.1, 0.15) is 0 Å². The Bertz CT molecular complexity index is 338. The number of likely N-dealkylation sites (N-methyl/N-ethyl adjacent to an activating group) is 2. The summed E-state index contributed by atoms with van der Waals surface area (Å²) in [6.07, 6.45) is 13.7. The number of nitrogens with one attached hydrogen (secondary N) is 1. The summed E-state index contributed by atoms with van der Waals surface area (Å²) in [5.74, 6) is 4.22. The molecule has 5 aliphatic rings. The lowest BCUT2D eigenvalue weighted by Gasteiger charge is -2.60. The molecule has 5 rings (SSSR count). The number of hydrogen-bond acceptors (Lipinski definition) is 2. The summed E-state index contributed by atoms with van der Waals surface area (Å²) < 4.78 is 0. The van der Waals surface area contributed by atoms with E-state index in [-0.39, 0.29) is 0 Å². The molecule has 1 N–H and O–H groups in total. The molecule has 1 atom stereocenters. The first-order chi connectivity index (χ1) is 10.2. The minimum absolute atomic E-state index is 0.650. The smallest absolute Gasteiger partial charge is 0.0248 e. The van der Waals surface area contributed by atoms with Crippen molar-refractivity contribution in [3.05, 3.63) is 0 Å². The molecule has 0 saturated heterocycles. The van der Waals surface area contributed by atoms with Crippen molar-refractivity contribution in [2.45, 2.75) is 63.8 Å². The fourth-order valence-electron chi connectivity index (χ4n) is 6.70. The Balaban J connectivity index is 1.42. The fourth-order valence-corrected chi connectivity index (χ4v) is 6.70. The van der Waals surface area contributed by atoms with Crippen LogP contribution in [0.5, 0.6) is 0 Å². The molecule has 0 aromatic heterocycles. The minimum Gasteiger partial charge on any atom is -0.315 e. The molecular formula is C19H34N2. The molecule has 0 heterocycles. The lowest BCUT2D eigenvalue weighted by Crippen LogP contribution is -2.58. The van der Waals surface area contributed by atoms with Crippen molar-refractivity contribution in [1.82, 2.24) is 10.2 Å². The molecule has 0 aromatic carbocycles. The summed E-state index contributed by atoms with van der Waals surface area (Å²) in [4.78, 5) is 2.64. The number of nitrogens with zero attached hydrogens (tertiary/aromatic N) is 1. The van der Waals surface area contributed by atoms with Crippen LogP contribution in [0.4, 0.5) is 0 Å². The van der Waals surface area contributed by atoms with E-state index in [0.717, 1.165) is 29.7 Å². The molecule has 4 bridgehead atoms. The Morgan fingerprint density at radius 3 is 2.05 bits per heavy atom. The van der Waals surface area contributed by atoms with Gasteiger partial charge in [-0.1, -0.05) is 6.42 Å². The summed E-state index contributed by atoms with van der Waals surface area (Å²) >= 11 is 0. The van der Waals surface area contributed by atoms with E-state index in [2.05, 4.69) is 24.3 Å². The van der Waals surface area contributed by atoms with E-state index in [1.165, 1.54) is 51.6 Å². The minimum atomic E-state index is 0.650. The van der Waals surface area contributed by atoms with Crippen LogP contribution in [-0.2, 0) is 0 Å². The summed E-state index contributed by atoms with van der Waals surface area (Å²) in [6.45, 7) is 2.61. The van der Waals surface area contributed by atoms with E-state index in [4.69, 9.17) is 0 Å². The van der Waals surface area contributed by atoms with Crippen LogP contribution in [0.1, 0.15) is 57.8 Å². The second-order valence-electron chi connectivity index (χ2n) is 9.14. The Morgan fingerprint density at radius 1 is 1.05 bits per heavy atom. The lowest BCUT2D eigenvalue weighted by molar-refractivity contribution is -0.0772. The van der Waals surface area contributed by atoms with Gasteiger partial charge in [0.2, 0.25) is 0 Å². The Hall–Kier alpha value is -0.0800. The van der Waals surface area contributed by atoms with Crippen LogP contribution in [0.3, 0.4) is 0 Å². The monoisotopic (exact) mass is 290 g/mol. The van der Waals surface area contributed by atoms with Gasteiger partial charge in [-0.05, 0) is 94.5 Å². The van der Waals surface area contributed by atoms with E-state index in [1.54, 1.807) is 19.3 Å². The topological polar surface area (TPSA) is 15.3 Å². The highest BCUT2D eigenvalue weighted by Crippen LogP contribution is 2.61. The fraction of sp³-hybridized carbons (Fsp3) is 1.00. The average molecular weight is 290 g/mol. The molecule has 2 heteroatoms. The van der Waals surface area contributed by atoms with Crippen LogP contribution in [0.15, 0.2) is 0 Å². The highest BCUT2D eigenvalue weighted by Gasteiger charge is 2.53. The molecule has 5 aliphatic carbocycles. The van der Waals surface area contributed by atoms with E-state index in [1.807, 2.05) is 0 Å². The van der Waals surface area contributed by atoms with Gasteiger partial charge in [0.15, 0.2) is 0 Å². The number of rotatable bonds is 6. The van der Waals surface area contributed by atoms with Gasteiger partial charge < -0.3 is 10.2 Å². The largest absolute Gasteiger partial charge is 0.315 e. The first-order valence-electron chi connectivity index (χ1n) is 9.52. The summed E-state index contributed by atoms with van der Waals surface area (Å²) in [6, 6.07) is 0.732. The normalized spacial score (nSPS) is 43.3. The van der Waals surface area contributed by atoms with E-state index >= 15 is 0 Å². The molecule has 1 unspecified atom stereocenters. The van der Waals surface area contributed by atoms with Gasteiger partial charge in [-0.15, -0.1) is 0 Å². The zero-order valence-corrected chi connectivity index (χ0v) is 14.1. The van der Waals surface area contributed by atoms with Crippen LogP contribution < -0.4 is 5.32 Å². The second kappa shape index (κ2) is 5.53. The average Bonchev–Trinajstić information content (AvgIpc) is 2.38. The van der Waals surface area contributed by atoms with Gasteiger partial charge in [0.05, 0.1) is 0 Å². The first-order valence-corrected chi connectivity index (χ1v) is 9.52. The van der Waals surface area contributed by atoms with Crippen LogP contribution in [0.2, 0.25) is 0 Å². The Morgan fingerprint density at radius 2 is 1.62 bits per heavy atom. The van der Waals surface area contributed by atoms with Gasteiger partial charge in [-0.3, -0.25) is 0 Å². The predicted octanol–water partition coefficient (Wildman–Crippen LogP) is 3.52. The molecule has 0 amide bonds. The van der Waals surface area contributed by atoms with Crippen LogP contribution in [-0.4, -0.2) is 38.1 Å². The summed E-state index contributed by atoms with van der Waals surface area (Å²) in [5, 5.41) is 3.76. The lowest BCUT2D eigenvalue weighted by atomic mass is 9.47. The third kappa shape index (κ3) is 2.67. The van der Waals surface area contributed by atoms with Crippen molar-refractivity contribution in [3.63, 3.8) is 0 Å². The van der Waals surface area contributed by atoms with Crippen molar-refractivity contribution in [2.24, 2.45) is 29.1 Å². The zero-order chi connectivity index (χ0) is 14.4. The van der Waals surface area contributed by atoms with Gasteiger partial charge in [-0.2, -0.15) is 0 Å². The van der Waals surface area contributed by atoms with Crippen molar-refractivity contribution >= 4 is 0 Å². The van der Waals surface area contributed by atoms with Gasteiger partial charge in [0, 0.05) is 19.1 Å². The van der Waals surface area contributed by atoms with E-state index < -0.39 is 0 Å². The maximum atomic E-state index is 3.76. The standard InChI is InChI=1S/C19H34N2/c1-20-18(13-21(2)12-14-4-3-5-14)19-9-15-6-16(10-19)8-17(7-15)11-19/h14-18,20H,3-13H2,1-2H3. The van der Waals surface area contributed by atoms with Gasteiger partial charge in [-0.25, -0.2) is 0 Å². The quantitative estimate of drug-likeness (QED) is 0.805. The van der Waals surface area contributed by atoms with Gasteiger partial charge >= 0.3 is 0 Å². The molecular weight excluding hydrogens is 256 g/mol. The number of hydrogen-bond donors (Lipinski definition) is 1. The predicted molar refractivity (Wildman–Crippen MR) is 88.3 cm³/mol. The maximum absolute atomic E-state index is 3.76. The first kappa shape index (κ1) is 14.5. The third-order valence-corrected chi connectivity index (χ3v) is 7.46. The molecule has 5 fully saturated rings. The van der Waals surface area contributed by atoms with Crippen molar-refractivity contribution < 1.29 is 0 Å². The zero-order valence-electron chi connectivity index (χ0n) is 14.1. The van der Waals surface area contributed by atoms with Gasteiger partial charge in [0.25, 0.3) is 0 Å². The molecule has 0 spiro atoms. The van der Waals surface area contributed by atoms with Crippen LogP contribution in [0.25, 0.3) is 0 Å². The molecule has 0 aliphatic heterocycles. The van der Waals surface area contributed by atoms with Crippen LogP contribution >= 0.6 is 0 Å². The SMILES string of the molecule is CNC(CN(C)CC1CCC1)C12CC3CC(CC(C3)C1)C2. The Labute approximate surface area is 131 Å². The highest BCUT2D eigenvalue weighted by atomic mass is 15.1. The van der Waals surface area contributed by atoms with E-state index in [0.29, 0.717) is 5.41 Å². The summed E-state index contributed by atoms with van der Waals surface area (Å²) in [7, 11) is 4.59. The molecule has 0 radical (unpaired) electrons. The summed E-state index contributed by atoms with van der Waals surface area (Å²) in [5.41, 5.74) is 0.650. The van der Waals surface area contributed by atoms with Crippen LogP contribution in [0, 0.1) is 29.1 Å².